The Hall–Kier alpha value is -0.0400. The molecule has 1 aliphatic carbocycles. The van der Waals surface area contributed by atoms with Crippen molar-refractivity contribution >= 4 is 0 Å². The van der Waals surface area contributed by atoms with Crippen LogP contribution in [0.15, 0.2) is 0 Å². The van der Waals surface area contributed by atoms with Crippen LogP contribution in [0.5, 0.6) is 0 Å². The van der Waals surface area contributed by atoms with E-state index in [1.807, 2.05) is 0 Å². The lowest BCUT2D eigenvalue weighted by molar-refractivity contribution is 0.120. The van der Waals surface area contributed by atoms with Gasteiger partial charge in [-0.05, 0) is 32.9 Å². The summed E-state index contributed by atoms with van der Waals surface area (Å²) in [6.07, 6.45) is 2.84. The van der Waals surface area contributed by atoms with Crippen molar-refractivity contribution in [2.75, 3.05) is 14.1 Å². The van der Waals surface area contributed by atoms with Gasteiger partial charge >= 0.3 is 0 Å². The van der Waals surface area contributed by atoms with Crippen molar-refractivity contribution in [3.05, 3.63) is 0 Å². The molecule has 0 saturated heterocycles. The first-order chi connectivity index (χ1) is 3.72. The molecular formula is C7H15N. The van der Waals surface area contributed by atoms with E-state index in [2.05, 4.69) is 25.9 Å². The molecule has 2 atom stereocenters. The summed E-state index contributed by atoms with van der Waals surface area (Å²) in [5.41, 5.74) is 0. The standard InChI is InChI=1S/C7H15N/c1-6-4-5-7(6)8(2)3/h6-7H,4-5H2,1-3H3/t6-,7-/m1/s1. The van der Waals surface area contributed by atoms with Gasteiger partial charge in [0.05, 0.1) is 0 Å². The van der Waals surface area contributed by atoms with Gasteiger partial charge in [-0.25, -0.2) is 0 Å². The minimum absolute atomic E-state index is 0.884. The highest BCUT2D eigenvalue weighted by molar-refractivity contribution is 4.82. The van der Waals surface area contributed by atoms with E-state index < -0.39 is 0 Å². The Labute approximate surface area is 51.7 Å². The predicted molar refractivity (Wildman–Crippen MR) is 35.9 cm³/mol. The first-order valence-electron chi connectivity index (χ1n) is 3.38. The summed E-state index contributed by atoms with van der Waals surface area (Å²) in [6.45, 7) is 2.33. The van der Waals surface area contributed by atoms with Crippen LogP contribution in [0.3, 0.4) is 0 Å². The van der Waals surface area contributed by atoms with E-state index in [0.29, 0.717) is 0 Å². The molecule has 0 amide bonds. The molecule has 1 aliphatic rings. The van der Waals surface area contributed by atoms with E-state index in [-0.39, 0.29) is 0 Å². The second kappa shape index (κ2) is 2.06. The van der Waals surface area contributed by atoms with E-state index in [1.165, 1.54) is 12.8 Å². The summed E-state index contributed by atoms with van der Waals surface area (Å²) in [6, 6.07) is 0.884. The SMILES string of the molecule is C[C@@H]1CC[C@H]1N(C)C. The van der Waals surface area contributed by atoms with E-state index in [4.69, 9.17) is 0 Å². The fraction of sp³-hybridized carbons (Fsp3) is 1.00. The van der Waals surface area contributed by atoms with Crippen molar-refractivity contribution in [3.63, 3.8) is 0 Å². The van der Waals surface area contributed by atoms with Crippen molar-refractivity contribution in [1.82, 2.24) is 4.90 Å². The van der Waals surface area contributed by atoms with Crippen LogP contribution in [0.25, 0.3) is 0 Å². The zero-order chi connectivity index (χ0) is 6.15. The normalized spacial score (nSPS) is 37.5. The van der Waals surface area contributed by atoms with Gasteiger partial charge in [0, 0.05) is 6.04 Å². The van der Waals surface area contributed by atoms with Crippen molar-refractivity contribution in [1.29, 1.82) is 0 Å². The fourth-order valence-electron chi connectivity index (χ4n) is 1.42. The zero-order valence-electron chi connectivity index (χ0n) is 6.02. The third kappa shape index (κ3) is 0.873. The lowest BCUT2D eigenvalue weighted by Gasteiger charge is -2.38. The van der Waals surface area contributed by atoms with Crippen molar-refractivity contribution in [2.24, 2.45) is 5.92 Å². The molecule has 48 valence electrons. The zero-order valence-corrected chi connectivity index (χ0v) is 6.02. The summed E-state index contributed by atoms with van der Waals surface area (Å²) in [5.74, 6) is 0.949. The molecule has 1 fully saturated rings. The van der Waals surface area contributed by atoms with Gasteiger partial charge in [-0.3, -0.25) is 0 Å². The molecule has 0 unspecified atom stereocenters. The molecule has 0 N–H and O–H groups in total. The van der Waals surface area contributed by atoms with Crippen molar-refractivity contribution in [3.8, 4) is 0 Å². The van der Waals surface area contributed by atoms with Crippen LogP contribution in [0, 0.1) is 5.92 Å². The first kappa shape index (κ1) is 6.09. The molecule has 0 bridgehead atoms. The molecule has 0 aromatic carbocycles. The Bertz CT molecular complexity index is 73.7. The van der Waals surface area contributed by atoms with Gasteiger partial charge in [0.1, 0.15) is 0 Å². The molecular weight excluding hydrogens is 98.1 g/mol. The molecule has 0 spiro atoms. The summed E-state index contributed by atoms with van der Waals surface area (Å²) < 4.78 is 0. The third-order valence-electron chi connectivity index (χ3n) is 2.24. The molecule has 0 aromatic rings. The Balaban J connectivity index is 2.26. The number of hydrogen-bond donors (Lipinski definition) is 0. The molecule has 1 rings (SSSR count). The number of nitrogens with zero attached hydrogens (tertiary/aromatic N) is 1. The maximum absolute atomic E-state index is 2.33. The van der Waals surface area contributed by atoms with Gasteiger partial charge in [-0.1, -0.05) is 6.92 Å². The highest BCUT2D eigenvalue weighted by atomic mass is 15.1. The van der Waals surface area contributed by atoms with E-state index in [0.717, 1.165) is 12.0 Å². The maximum Gasteiger partial charge on any atom is 0.0115 e. The van der Waals surface area contributed by atoms with Gasteiger partial charge in [-0.2, -0.15) is 0 Å². The maximum atomic E-state index is 2.33. The van der Waals surface area contributed by atoms with Crippen molar-refractivity contribution < 1.29 is 0 Å². The van der Waals surface area contributed by atoms with Crippen LogP contribution in [0.1, 0.15) is 19.8 Å². The Morgan fingerprint density at radius 3 is 1.88 bits per heavy atom. The van der Waals surface area contributed by atoms with Crippen LogP contribution in [0.2, 0.25) is 0 Å². The van der Waals surface area contributed by atoms with Crippen LogP contribution in [0.4, 0.5) is 0 Å². The molecule has 8 heavy (non-hydrogen) atoms. The third-order valence-corrected chi connectivity index (χ3v) is 2.24. The monoisotopic (exact) mass is 113 g/mol. The molecule has 0 aromatic heterocycles. The molecule has 0 aliphatic heterocycles. The molecule has 1 heteroatoms. The van der Waals surface area contributed by atoms with Gasteiger partial charge in [0.15, 0.2) is 0 Å². The van der Waals surface area contributed by atoms with Crippen molar-refractivity contribution in [2.45, 2.75) is 25.8 Å². The van der Waals surface area contributed by atoms with Gasteiger partial charge in [0.25, 0.3) is 0 Å². The summed E-state index contributed by atoms with van der Waals surface area (Å²) in [7, 11) is 4.33. The van der Waals surface area contributed by atoms with Crippen LogP contribution in [-0.4, -0.2) is 25.0 Å². The van der Waals surface area contributed by atoms with E-state index in [9.17, 15) is 0 Å². The first-order valence-corrected chi connectivity index (χ1v) is 3.38. The van der Waals surface area contributed by atoms with Crippen LogP contribution >= 0.6 is 0 Å². The molecule has 0 heterocycles. The van der Waals surface area contributed by atoms with Crippen LogP contribution < -0.4 is 0 Å². The van der Waals surface area contributed by atoms with E-state index in [1.54, 1.807) is 0 Å². The number of hydrogen-bond acceptors (Lipinski definition) is 1. The quantitative estimate of drug-likeness (QED) is 0.496. The lowest BCUT2D eigenvalue weighted by atomic mass is 9.80. The average Bonchev–Trinajstić information content (AvgIpc) is 1.61. The topological polar surface area (TPSA) is 3.24 Å². The number of rotatable bonds is 1. The smallest absolute Gasteiger partial charge is 0.0115 e. The second-order valence-electron chi connectivity index (χ2n) is 3.09. The molecule has 1 saturated carbocycles. The Morgan fingerprint density at radius 2 is 1.88 bits per heavy atom. The van der Waals surface area contributed by atoms with Crippen LogP contribution in [-0.2, 0) is 0 Å². The largest absolute Gasteiger partial charge is 0.306 e. The predicted octanol–water partition coefficient (Wildman–Crippen LogP) is 1.35. The van der Waals surface area contributed by atoms with Gasteiger partial charge in [0.2, 0.25) is 0 Å². The summed E-state index contributed by atoms with van der Waals surface area (Å²) in [4.78, 5) is 2.33. The molecule has 1 nitrogen and oxygen atoms in total. The molecule has 0 radical (unpaired) electrons. The van der Waals surface area contributed by atoms with E-state index >= 15 is 0 Å². The Morgan fingerprint density at radius 1 is 1.25 bits per heavy atom. The average molecular weight is 113 g/mol. The summed E-state index contributed by atoms with van der Waals surface area (Å²) >= 11 is 0. The highest BCUT2D eigenvalue weighted by Gasteiger charge is 2.27. The Kier molecular flexibility index (Phi) is 1.57. The summed E-state index contributed by atoms with van der Waals surface area (Å²) in [5, 5.41) is 0. The van der Waals surface area contributed by atoms with Gasteiger partial charge in [-0.15, -0.1) is 0 Å². The lowest BCUT2D eigenvalue weighted by Crippen LogP contribution is -2.41. The minimum Gasteiger partial charge on any atom is -0.306 e. The minimum atomic E-state index is 0.884. The fourth-order valence-corrected chi connectivity index (χ4v) is 1.42. The highest BCUT2D eigenvalue weighted by Crippen LogP contribution is 2.29. The second-order valence-corrected chi connectivity index (χ2v) is 3.09. The van der Waals surface area contributed by atoms with Gasteiger partial charge < -0.3 is 4.90 Å².